The molecule has 1 N–H and O–H groups in total. The van der Waals surface area contributed by atoms with Gasteiger partial charge in [0.2, 0.25) is 0 Å². The molecule has 0 bridgehead atoms. The molecule has 0 spiro atoms. The molecule has 0 aliphatic rings. The molecule has 0 aliphatic carbocycles. The van der Waals surface area contributed by atoms with Crippen molar-refractivity contribution in [2.24, 2.45) is 7.05 Å². The quantitative estimate of drug-likeness (QED) is 0.847. The molecule has 2 aromatic rings. The molecular weight excluding hydrogens is 226 g/mol. The van der Waals surface area contributed by atoms with Gasteiger partial charge in [-0.05, 0) is 24.2 Å². The second-order valence-electron chi connectivity index (χ2n) is 4.24. The molecule has 0 fully saturated rings. The lowest BCUT2D eigenvalue weighted by Gasteiger charge is -2.06. The normalized spacial score (nSPS) is 10.6. The van der Waals surface area contributed by atoms with Crippen molar-refractivity contribution >= 4 is 0 Å². The molecule has 0 radical (unpaired) electrons. The topological polar surface area (TPSA) is 39.1 Å². The Kier molecular flexibility index (Phi) is 4.36. The first kappa shape index (κ1) is 12.6. The number of benzene rings is 1. The molecule has 2 rings (SSSR count). The number of hydrogen-bond acceptors (Lipinski definition) is 3. The second-order valence-corrected chi connectivity index (χ2v) is 4.24. The molecular formula is C14H19N3O. The van der Waals surface area contributed by atoms with E-state index in [-0.39, 0.29) is 0 Å². The number of aromatic nitrogens is 2. The van der Waals surface area contributed by atoms with E-state index in [4.69, 9.17) is 4.74 Å². The minimum absolute atomic E-state index is 0.556. The standard InChI is InChI=1S/C14H19N3O/c1-3-15-8-12-4-6-14(7-5-12)18-11-13-9-16-17(2)10-13/h4-7,9-10,15H,3,8,11H2,1-2H3. The van der Waals surface area contributed by atoms with Crippen LogP contribution in [-0.2, 0) is 20.2 Å². The van der Waals surface area contributed by atoms with Gasteiger partial charge >= 0.3 is 0 Å². The number of nitrogens with one attached hydrogen (secondary N) is 1. The van der Waals surface area contributed by atoms with Gasteiger partial charge in [-0.25, -0.2) is 0 Å². The van der Waals surface area contributed by atoms with Gasteiger partial charge in [-0.2, -0.15) is 5.10 Å². The predicted octanol–water partition coefficient (Wildman–Crippen LogP) is 2.11. The minimum Gasteiger partial charge on any atom is -0.489 e. The third kappa shape index (κ3) is 3.60. The maximum Gasteiger partial charge on any atom is 0.119 e. The summed E-state index contributed by atoms with van der Waals surface area (Å²) in [4.78, 5) is 0. The second kappa shape index (κ2) is 6.21. The van der Waals surface area contributed by atoms with Crippen molar-refractivity contribution in [1.82, 2.24) is 15.1 Å². The molecule has 1 aromatic heterocycles. The van der Waals surface area contributed by atoms with Gasteiger partial charge in [-0.1, -0.05) is 19.1 Å². The summed E-state index contributed by atoms with van der Waals surface area (Å²) in [5.74, 6) is 0.888. The Morgan fingerprint density at radius 2 is 2.00 bits per heavy atom. The van der Waals surface area contributed by atoms with Crippen LogP contribution in [0.2, 0.25) is 0 Å². The van der Waals surface area contributed by atoms with Gasteiger partial charge in [0.1, 0.15) is 12.4 Å². The monoisotopic (exact) mass is 245 g/mol. The Morgan fingerprint density at radius 3 is 2.61 bits per heavy atom. The van der Waals surface area contributed by atoms with Gasteiger partial charge in [-0.15, -0.1) is 0 Å². The predicted molar refractivity (Wildman–Crippen MR) is 71.4 cm³/mol. The van der Waals surface area contributed by atoms with Crippen LogP contribution in [0.3, 0.4) is 0 Å². The highest BCUT2D eigenvalue weighted by atomic mass is 16.5. The summed E-state index contributed by atoms with van der Waals surface area (Å²) < 4.78 is 7.47. The van der Waals surface area contributed by atoms with E-state index < -0.39 is 0 Å². The summed E-state index contributed by atoms with van der Waals surface area (Å²) in [6.07, 6.45) is 3.78. The molecule has 0 aliphatic heterocycles. The zero-order chi connectivity index (χ0) is 12.8. The van der Waals surface area contributed by atoms with Crippen LogP contribution in [0.25, 0.3) is 0 Å². The highest BCUT2D eigenvalue weighted by Crippen LogP contribution is 2.13. The Morgan fingerprint density at radius 1 is 1.22 bits per heavy atom. The average molecular weight is 245 g/mol. The van der Waals surface area contributed by atoms with Gasteiger partial charge in [-0.3, -0.25) is 4.68 Å². The minimum atomic E-state index is 0.556. The van der Waals surface area contributed by atoms with Crippen LogP contribution < -0.4 is 10.1 Å². The fourth-order valence-corrected chi connectivity index (χ4v) is 1.69. The molecule has 0 amide bonds. The molecule has 1 heterocycles. The third-order valence-electron chi connectivity index (χ3n) is 2.67. The van der Waals surface area contributed by atoms with E-state index in [1.807, 2.05) is 31.6 Å². The van der Waals surface area contributed by atoms with Crippen molar-refractivity contribution in [3.8, 4) is 5.75 Å². The summed E-state index contributed by atoms with van der Waals surface area (Å²) in [6, 6.07) is 8.18. The Balaban J connectivity index is 1.86. The average Bonchev–Trinajstić information content (AvgIpc) is 2.81. The van der Waals surface area contributed by atoms with E-state index in [2.05, 4.69) is 29.5 Å². The molecule has 18 heavy (non-hydrogen) atoms. The Hall–Kier alpha value is -1.81. The fraction of sp³-hybridized carbons (Fsp3) is 0.357. The summed E-state index contributed by atoms with van der Waals surface area (Å²) >= 11 is 0. The zero-order valence-corrected chi connectivity index (χ0v) is 10.9. The smallest absolute Gasteiger partial charge is 0.119 e. The lowest BCUT2D eigenvalue weighted by Crippen LogP contribution is -2.11. The van der Waals surface area contributed by atoms with Crippen LogP contribution in [0.4, 0.5) is 0 Å². The number of nitrogens with zero attached hydrogens (tertiary/aromatic N) is 2. The third-order valence-corrected chi connectivity index (χ3v) is 2.67. The summed E-state index contributed by atoms with van der Waals surface area (Å²) in [6.45, 7) is 4.55. The maximum atomic E-state index is 5.69. The van der Waals surface area contributed by atoms with Gasteiger partial charge in [0.15, 0.2) is 0 Å². The van der Waals surface area contributed by atoms with Crippen LogP contribution in [-0.4, -0.2) is 16.3 Å². The van der Waals surface area contributed by atoms with Crippen LogP contribution in [0.1, 0.15) is 18.1 Å². The first-order valence-corrected chi connectivity index (χ1v) is 6.18. The van der Waals surface area contributed by atoms with Crippen LogP contribution in [0.5, 0.6) is 5.75 Å². The molecule has 0 unspecified atom stereocenters. The SMILES string of the molecule is CCNCc1ccc(OCc2cnn(C)c2)cc1. The van der Waals surface area contributed by atoms with Crippen molar-refractivity contribution in [2.75, 3.05) is 6.54 Å². The zero-order valence-electron chi connectivity index (χ0n) is 10.9. The molecule has 0 atom stereocenters. The van der Waals surface area contributed by atoms with Crippen molar-refractivity contribution in [2.45, 2.75) is 20.1 Å². The summed E-state index contributed by atoms with van der Waals surface area (Å²) in [5, 5.41) is 7.40. The molecule has 0 saturated carbocycles. The number of hydrogen-bond donors (Lipinski definition) is 1. The number of rotatable bonds is 6. The molecule has 4 nitrogen and oxygen atoms in total. The lowest BCUT2D eigenvalue weighted by atomic mass is 10.2. The Labute approximate surface area is 108 Å². The largest absolute Gasteiger partial charge is 0.489 e. The van der Waals surface area contributed by atoms with Crippen LogP contribution in [0, 0.1) is 0 Å². The van der Waals surface area contributed by atoms with E-state index in [1.54, 1.807) is 4.68 Å². The number of ether oxygens (including phenoxy) is 1. The first-order valence-electron chi connectivity index (χ1n) is 6.18. The van der Waals surface area contributed by atoms with Crippen LogP contribution in [0.15, 0.2) is 36.7 Å². The van der Waals surface area contributed by atoms with Crippen molar-refractivity contribution < 1.29 is 4.74 Å². The Bertz CT molecular complexity index is 476. The van der Waals surface area contributed by atoms with Crippen molar-refractivity contribution in [1.29, 1.82) is 0 Å². The van der Waals surface area contributed by atoms with E-state index in [0.717, 1.165) is 24.4 Å². The summed E-state index contributed by atoms with van der Waals surface area (Å²) in [5.41, 5.74) is 2.35. The highest BCUT2D eigenvalue weighted by Gasteiger charge is 1.98. The van der Waals surface area contributed by atoms with Gasteiger partial charge in [0.25, 0.3) is 0 Å². The molecule has 96 valence electrons. The van der Waals surface area contributed by atoms with E-state index in [1.165, 1.54) is 5.56 Å². The fourth-order valence-electron chi connectivity index (χ4n) is 1.69. The first-order chi connectivity index (χ1) is 8.78. The van der Waals surface area contributed by atoms with Gasteiger partial charge in [0.05, 0.1) is 6.20 Å². The van der Waals surface area contributed by atoms with E-state index in [0.29, 0.717) is 6.61 Å². The van der Waals surface area contributed by atoms with Gasteiger partial charge in [0, 0.05) is 25.4 Å². The van der Waals surface area contributed by atoms with Crippen molar-refractivity contribution in [3.63, 3.8) is 0 Å². The molecule has 1 aromatic carbocycles. The van der Waals surface area contributed by atoms with Crippen molar-refractivity contribution in [3.05, 3.63) is 47.8 Å². The van der Waals surface area contributed by atoms with Crippen LogP contribution >= 0.6 is 0 Å². The van der Waals surface area contributed by atoms with Gasteiger partial charge < -0.3 is 10.1 Å². The highest BCUT2D eigenvalue weighted by molar-refractivity contribution is 5.27. The molecule has 4 heteroatoms. The number of aryl methyl sites for hydroxylation is 1. The molecule has 0 saturated heterocycles. The van der Waals surface area contributed by atoms with E-state index in [9.17, 15) is 0 Å². The summed E-state index contributed by atoms with van der Waals surface area (Å²) in [7, 11) is 1.90. The lowest BCUT2D eigenvalue weighted by molar-refractivity contribution is 0.306. The maximum absolute atomic E-state index is 5.69. The van der Waals surface area contributed by atoms with E-state index >= 15 is 0 Å².